The van der Waals surface area contributed by atoms with Gasteiger partial charge in [-0.2, -0.15) is 5.10 Å². The minimum absolute atomic E-state index is 0.128. The Kier molecular flexibility index (Phi) is 5.72. The maximum atomic E-state index is 13.4. The number of anilines is 1. The molecule has 5 rings (SSSR count). The van der Waals surface area contributed by atoms with Crippen molar-refractivity contribution in [3.05, 3.63) is 51.5 Å². The smallest absolute Gasteiger partial charge is 0.256 e. The molecule has 0 N–H and O–H groups in total. The van der Waals surface area contributed by atoms with E-state index in [0.717, 1.165) is 55.1 Å². The lowest BCUT2D eigenvalue weighted by atomic mass is 9.98. The Morgan fingerprint density at radius 1 is 1.16 bits per heavy atom. The lowest BCUT2D eigenvalue weighted by molar-refractivity contribution is 0.0606. The number of amides is 1. The van der Waals surface area contributed by atoms with Crippen LogP contribution in [0.2, 0.25) is 10.2 Å². The van der Waals surface area contributed by atoms with E-state index in [1.165, 1.54) is 18.7 Å². The zero-order chi connectivity index (χ0) is 22.4. The van der Waals surface area contributed by atoms with Gasteiger partial charge in [-0.25, -0.2) is 14.5 Å². The molecule has 2 fully saturated rings. The highest BCUT2D eigenvalue weighted by Gasteiger charge is 2.32. The summed E-state index contributed by atoms with van der Waals surface area (Å²) in [6.07, 6.45) is 7.49. The molecule has 7 nitrogen and oxygen atoms in total. The highest BCUT2D eigenvalue weighted by atomic mass is 35.5. The lowest BCUT2D eigenvalue weighted by Gasteiger charge is -2.35. The minimum Gasteiger partial charge on any atom is -0.356 e. The maximum absolute atomic E-state index is 13.4. The van der Waals surface area contributed by atoms with E-state index in [1.807, 2.05) is 21.7 Å². The Labute approximate surface area is 197 Å². The van der Waals surface area contributed by atoms with Crippen LogP contribution in [-0.2, 0) is 0 Å². The summed E-state index contributed by atoms with van der Waals surface area (Å²) in [6.45, 7) is 7.08. The van der Waals surface area contributed by atoms with Gasteiger partial charge < -0.3 is 9.80 Å². The average Bonchev–Trinajstić information content (AvgIpc) is 3.40. The number of carbonyl (C=O) groups is 1. The van der Waals surface area contributed by atoms with Crippen molar-refractivity contribution in [1.29, 1.82) is 0 Å². The third kappa shape index (κ3) is 3.92. The normalized spacial score (nSPS) is 21.5. The summed E-state index contributed by atoms with van der Waals surface area (Å²) in [5.41, 5.74) is 3.15. The molecule has 9 heteroatoms. The summed E-state index contributed by atoms with van der Waals surface area (Å²) >= 11 is 12.3. The second kappa shape index (κ2) is 8.52. The molecular weight excluding hydrogens is 447 g/mol. The Morgan fingerprint density at radius 3 is 2.78 bits per heavy atom. The number of fused-ring (bicyclic) bond motifs is 1. The molecule has 5 heterocycles. The van der Waals surface area contributed by atoms with Crippen molar-refractivity contribution in [2.24, 2.45) is 5.92 Å². The van der Waals surface area contributed by atoms with Gasteiger partial charge in [0.15, 0.2) is 5.65 Å². The number of aromatic nitrogens is 4. The van der Waals surface area contributed by atoms with Crippen LogP contribution in [0.5, 0.6) is 0 Å². The van der Waals surface area contributed by atoms with E-state index in [2.05, 4.69) is 23.7 Å². The SMILES string of the molecule is Cc1cn2nc([C@@H]3CCCCN3C(=O)c3cc(Cl)ncc3Cl)cc2nc1N1CC[C@H](C)C1. The number of hydrogen-bond donors (Lipinski definition) is 0. The number of nitrogens with zero attached hydrogens (tertiary/aromatic N) is 6. The molecule has 3 aromatic heterocycles. The predicted molar refractivity (Wildman–Crippen MR) is 126 cm³/mol. The van der Waals surface area contributed by atoms with Crippen molar-refractivity contribution in [2.75, 3.05) is 24.5 Å². The largest absolute Gasteiger partial charge is 0.356 e. The first kappa shape index (κ1) is 21.5. The highest BCUT2D eigenvalue weighted by Crippen LogP contribution is 2.34. The second-order valence-electron chi connectivity index (χ2n) is 8.96. The van der Waals surface area contributed by atoms with Crippen molar-refractivity contribution >= 4 is 40.6 Å². The molecule has 0 aromatic carbocycles. The monoisotopic (exact) mass is 472 g/mol. The number of carbonyl (C=O) groups excluding carboxylic acids is 1. The molecule has 1 amide bonds. The molecule has 2 aliphatic heterocycles. The number of likely N-dealkylation sites (tertiary alicyclic amines) is 1. The third-order valence-corrected chi connectivity index (χ3v) is 7.01. The van der Waals surface area contributed by atoms with E-state index in [-0.39, 0.29) is 17.1 Å². The first-order valence-electron chi connectivity index (χ1n) is 11.1. The Hall–Kier alpha value is -2.38. The van der Waals surface area contributed by atoms with Gasteiger partial charge in [0.05, 0.1) is 22.3 Å². The van der Waals surface area contributed by atoms with Crippen molar-refractivity contribution < 1.29 is 4.79 Å². The van der Waals surface area contributed by atoms with Crippen LogP contribution in [0.15, 0.2) is 24.5 Å². The molecule has 0 saturated carbocycles. The maximum Gasteiger partial charge on any atom is 0.256 e. The summed E-state index contributed by atoms with van der Waals surface area (Å²) in [7, 11) is 0. The molecular formula is C23H26Cl2N6O. The quantitative estimate of drug-likeness (QED) is 0.504. The molecule has 2 aliphatic rings. The first-order valence-corrected chi connectivity index (χ1v) is 11.9. The lowest BCUT2D eigenvalue weighted by Crippen LogP contribution is -2.38. The molecule has 0 unspecified atom stereocenters. The summed E-state index contributed by atoms with van der Waals surface area (Å²) < 4.78 is 1.83. The number of piperidine rings is 1. The van der Waals surface area contributed by atoms with Crippen LogP contribution in [0.4, 0.5) is 5.82 Å². The Morgan fingerprint density at radius 2 is 2.00 bits per heavy atom. The van der Waals surface area contributed by atoms with Gasteiger partial charge in [-0.05, 0) is 44.6 Å². The van der Waals surface area contributed by atoms with Gasteiger partial charge in [-0.15, -0.1) is 0 Å². The Balaban J connectivity index is 1.48. The van der Waals surface area contributed by atoms with Crippen LogP contribution in [0.3, 0.4) is 0 Å². The predicted octanol–water partition coefficient (Wildman–Crippen LogP) is 4.95. The van der Waals surface area contributed by atoms with E-state index in [1.54, 1.807) is 0 Å². The number of hydrogen-bond acceptors (Lipinski definition) is 5. The summed E-state index contributed by atoms with van der Waals surface area (Å²) in [6, 6.07) is 3.42. The summed E-state index contributed by atoms with van der Waals surface area (Å²) in [5.74, 6) is 1.57. The van der Waals surface area contributed by atoms with Crippen LogP contribution < -0.4 is 4.90 Å². The van der Waals surface area contributed by atoms with Gasteiger partial charge in [-0.1, -0.05) is 30.1 Å². The van der Waals surface area contributed by atoms with Gasteiger partial charge in [0.2, 0.25) is 0 Å². The van der Waals surface area contributed by atoms with Crippen LogP contribution in [0, 0.1) is 12.8 Å². The van der Waals surface area contributed by atoms with Gasteiger partial charge in [0.25, 0.3) is 5.91 Å². The minimum atomic E-state index is -0.142. The van der Waals surface area contributed by atoms with Gasteiger partial charge in [0.1, 0.15) is 11.0 Å². The van der Waals surface area contributed by atoms with Crippen LogP contribution in [0.1, 0.15) is 60.3 Å². The summed E-state index contributed by atoms with van der Waals surface area (Å²) in [5, 5.41) is 5.37. The second-order valence-corrected chi connectivity index (χ2v) is 9.75. The zero-order valence-corrected chi connectivity index (χ0v) is 19.8. The topological polar surface area (TPSA) is 66.6 Å². The molecule has 168 valence electrons. The number of halogens is 2. The summed E-state index contributed by atoms with van der Waals surface area (Å²) in [4.78, 5) is 26.5. The first-order chi connectivity index (χ1) is 15.4. The van der Waals surface area contributed by atoms with E-state index in [4.69, 9.17) is 33.3 Å². The standard InChI is InChI=1S/C23H26Cl2N6O/c1-14-6-8-29(12-14)22-15(2)13-31-21(27-22)10-18(28-31)19-5-3-4-7-30(19)23(32)16-9-20(25)26-11-17(16)24/h9-11,13-14,19H,3-8,12H2,1-2H3/t14-,19-/m0/s1. The van der Waals surface area contributed by atoms with E-state index in [9.17, 15) is 4.79 Å². The highest BCUT2D eigenvalue weighted by molar-refractivity contribution is 6.35. The van der Waals surface area contributed by atoms with Crippen LogP contribution >= 0.6 is 23.2 Å². The fraction of sp³-hybridized carbons (Fsp3) is 0.478. The molecule has 2 atom stereocenters. The molecule has 2 saturated heterocycles. The van der Waals surface area contributed by atoms with Gasteiger partial charge in [0, 0.05) is 43.7 Å². The average molecular weight is 473 g/mol. The van der Waals surface area contributed by atoms with Gasteiger partial charge in [-0.3, -0.25) is 4.79 Å². The molecule has 0 spiro atoms. The third-order valence-electron chi connectivity index (χ3n) is 6.50. The molecule has 0 bridgehead atoms. The van der Waals surface area contributed by atoms with Gasteiger partial charge >= 0.3 is 0 Å². The van der Waals surface area contributed by atoms with Crippen molar-refractivity contribution in [2.45, 2.75) is 45.6 Å². The fourth-order valence-electron chi connectivity index (χ4n) is 4.84. The van der Waals surface area contributed by atoms with E-state index < -0.39 is 0 Å². The number of aryl methyl sites for hydroxylation is 1. The molecule has 0 radical (unpaired) electrons. The molecule has 0 aliphatic carbocycles. The molecule has 32 heavy (non-hydrogen) atoms. The Bertz CT molecular complexity index is 1180. The number of rotatable bonds is 3. The van der Waals surface area contributed by atoms with Crippen LogP contribution in [-0.4, -0.2) is 50.0 Å². The van der Waals surface area contributed by atoms with Crippen molar-refractivity contribution in [3.63, 3.8) is 0 Å². The van der Waals surface area contributed by atoms with Crippen molar-refractivity contribution in [3.8, 4) is 0 Å². The number of pyridine rings is 1. The molecule has 3 aromatic rings. The fourth-order valence-corrected chi connectivity index (χ4v) is 5.19. The van der Waals surface area contributed by atoms with E-state index in [0.29, 0.717) is 23.0 Å². The zero-order valence-electron chi connectivity index (χ0n) is 18.3. The van der Waals surface area contributed by atoms with E-state index >= 15 is 0 Å². The van der Waals surface area contributed by atoms with Crippen molar-refractivity contribution in [1.82, 2.24) is 24.5 Å². The van der Waals surface area contributed by atoms with Crippen LogP contribution in [0.25, 0.3) is 5.65 Å².